The molecule has 3 aromatic rings. The molecule has 11 heteroatoms. The van der Waals surface area contributed by atoms with Crippen LogP contribution in [-0.2, 0) is 9.59 Å². The fraction of sp³-hybridized carbons (Fsp3) is 0.227. The van der Waals surface area contributed by atoms with Gasteiger partial charge in [-0.15, -0.1) is 0 Å². The summed E-state index contributed by atoms with van der Waals surface area (Å²) in [4.78, 5) is 43.7. The fourth-order valence-electron chi connectivity index (χ4n) is 4.31. The zero-order chi connectivity index (χ0) is 23.4. The minimum Gasteiger partial charge on any atom is -0.502 e. The maximum atomic E-state index is 13.7. The molecule has 0 radical (unpaired) electrons. The van der Waals surface area contributed by atoms with Crippen molar-refractivity contribution in [1.82, 2.24) is 4.98 Å². The Kier molecular flexibility index (Phi) is 5.50. The second-order valence-corrected chi connectivity index (χ2v) is 10.6. The van der Waals surface area contributed by atoms with Crippen LogP contribution in [0.1, 0.15) is 16.4 Å². The van der Waals surface area contributed by atoms with E-state index in [9.17, 15) is 19.5 Å². The lowest BCUT2D eigenvalue weighted by Gasteiger charge is -2.30. The Morgan fingerprint density at radius 2 is 1.67 bits per heavy atom. The number of hydrogen-bond acceptors (Lipinski definition) is 8. The van der Waals surface area contributed by atoms with E-state index in [1.54, 1.807) is 36.4 Å². The second kappa shape index (κ2) is 8.23. The molecule has 170 valence electrons. The standard InChI is InChI=1S/C22H17BrN2O6S2/c1-30-12-7-9(8-13(31-2)16(12)26)14-15-18(32-19-17(14)33-22(29)24-19)21(28)25(20(15)27)11-5-3-10(23)4-6-11/h3-8,14-15,18,26H,1-2H3,(H,24,29)/t14-,15?,18?/m1/s1. The number of aromatic amines is 1. The van der Waals surface area contributed by atoms with Crippen LogP contribution in [0.15, 0.2) is 50.7 Å². The van der Waals surface area contributed by atoms with Gasteiger partial charge in [0.1, 0.15) is 5.25 Å². The van der Waals surface area contributed by atoms with Crippen LogP contribution < -0.4 is 19.2 Å². The molecule has 33 heavy (non-hydrogen) atoms. The number of amides is 2. The van der Waals surface area contributed by atoms with Gasteiger partial charge in [-0.2, -0.15) is 0 Å². The third kappa shape index (κ3) is 3.46. The van der Waals surface area contributed by atoms with Crippen molar-refractivity contribution in [2.45, 2.75) is 16.2 Å². The first-order valence-electron chi connectivity index (χ1n) is 9.82. The lowest BCUT2D eigenvalue weighted by molar-refractivity contribution is -0.122. The summed E-state index contributed by atoms with van der Waals surface area (Å²) in [6, 6.07) is 10.2. The predicted molar refractivity (Wildman–Crippen MR) is 128 cm³/mol. The van der Waals surface area contributed by atoms with Crippen LogP contribution in [0, 0.1) is 5.92 Å². The molecule has 3 heterocycles. The number of phenolic OH excluding ortho intramolecular Hbond substituents is 1. The van der Waals surface area contributed by atoms with E-state index in [2.05, 4.69) is 20.9 Å². The van der Waals surface area contributed by atoms with Crippen molar-refractivity contribution in [3.8, 4) is 17.2 Å². The second-order valence-electron chi connectivity index (χ2n) is 7.51. The number of benzene rings is 2. The molecular formula is C22H17BrN2O6S2. The number of nitrogens with zero attached hydrogens (tertiary/aromatic N) is 1. The number of phenols is 1. The minimum absolute atomic E-state index is 0.168. The van der Waals surface area contributed by atoms with Crippen LogP contribution in [-0.4, -0.2) is 41.4 Å². The van der Waals surface area contributed by atoms with Crippen molar-refractivity contribution in [2.75, 3.05) is 19.1 Å². The first-order valence-corrected chi connectivity index (χ1v) is 12.3. The molecule has 2 amide bonds. The molecule has 0 spiro atoms. The number of H-pyrrole nitrogens is 1. The van der Waals surface area contributed by atoms with Crippen molar-refractivity contribution >= 4 is 56.5 Å². The van der Waals surface area contributed by atoms with Crippen molar-refractivity contribution in [1.29, 1.82) is 0 Å². The number of nitrogens with one attached hydrogen (secondary N) is 1. The molecule has 0 aliphatic carbocycles. The summed E-state index contributed by atoms with van der Waals surface area (Å²) in [6.45, 7) is 0. The number of imide groups is 1. The van der Waals surface area contributed by atoms with E-state index in [1.807, 2.05) is 0 Å². The normalized spacial score (nSPS) is 21.7. The number of thioether (sulfide) groups is 1. The molecule has 8 nitrogen and oxygen atoms in total. The number of rotatable bonds is 4. The van der Waals surface area contributed by atoms with Crippen LogP contribution in [0.5, 0.6) is 17.2 Å². The highest BCUT2D eigenvalue weighted by molar-refractivity contribution is 9.10. The number of carbonyl (C=O) groups excluding carboxylic acids is 2. The van der Waals surface area contributed by atoms with E-state index in [1.165, 1.54) is 30.9 Å². The number of methoxy groups -OCH3 is 2. The Bertz CT molecular complexity index is 1310. The highest BCUT2D eigenvalue weighted by Gasteiger charge is 2.56. The van der Waals surface area contributed by atoms with Gasteiger partial charge in [-0.3, -0.25) is 14.4 Å². The van der Waals surface area contributed by atoms with Gasteiger partial charge in [-0.25, -0.2) is 4.90 Å². The van der Waals surface area contributed by atoms with Crippen LogP contribution in [0.25, 0.3) is 0 Å². The molecular weight excluding hydrogens is 532 g/mol. The minimum atomic E-state index is -0.746. The van der Waals surface area contributed by atoms with Gasteiger partial charge in [0.15, 0.2) is 11.5 Å². The van der Waals surface area contributed by atoms with Crippen molar-refractivity contribution in [3.63, 3.8) is 0 Å². The van der Waals surface area contributed by atoms with Gasteiger partial charge in [-0.1, -0.05) is 39.0 Å². The summed E-state index contributed by atoms with van der Waals surface area (Å²) in [6.07, 6.45) is 0. The highest BCUT2D eigenvalue weighted by atomic mass is 79.9. The third-order valence-corrected chi connectivity index (χ3v) is 8.70. The largest absolute Gasteiger partial charge is 0.502 e. The topological polar surface area (TPSA) is 109 Å². The van der Waals surface area contributed by atoms with Crippen LogP contribution in [0.3, 0.4) is 0 Å². The Labute approximate surface area is 204 Å². The number of fused-ring (bicyclic) bond motifs is 2. The molecule has 5 rings (SSSR count). The Morgan fingerprint density at radius 3 is 2.27 bits per heavy atom. The average Bonchev–Trinajstić information content (AvgIpc) is 3.29. The molecule has 2 aliphatic heterocycles. The van der Waals surface area contributed by atoms with Crippen molar-refractivity contribution < 1.29 is 24.2 Å². The van der Waals surface area contributed by atoms with Gasteiger partial charge in [0, 0.05) is 15.3 Å². The van der Waals surface area contributed by atoms with E-state index in [0.29, 0.717) is 21.2 Å². The van der Waals surface area contributed by atoms with Crippen LogP contribution >= 0.6 is 39.0 Å². The summed E-state index contributed by atoms with van der Waals surface area (Å²) in [7, 11) is 2.83. The highest BCUT2D eigenvalue weighted by Crippen LogP contribution is 2.54. The smallest absolute Gasteiger partial charge is 0.305 e. The number of aromatic hydroxyl groups is 1. The summed E-state index contributed by atoms with van der Waals surface area (Å²) in [5, 5.41) is 10.2. The van der Waals surface area contributed by atoms with E-state index in [0.717, 1.165) is 15.8 Å². The number of aromatic nitrogens is 1. The summed E-state index contributed by atoms with van der Waals surface area (Å²) >= 11 is 5.59. The monoisotopic (exact) mass is 548 g/mol. The average molecular weight is 549 g/mol. The van der Waals surface area contributed by atoms with Crippen LogP contribution in [0.2, 0.25) is 0 Å². The van der Waals surface area contributed by atoms with Gasteiger partial charge in [-0.05, 0) is 42.0 Å². The summed E-state index contributed by atoms with van der Waals surface area (Å²) < 4.78 is 11.4. The number of hydrogen-bond donors (Lipinski definition) is 2. The number of anilines is 1. The number of halogens is 1. The van der Waals surface area contributed by atoms with Crippen LogP contribution in [0.4, 0.5) is 5.69 Å². The first-order chi connectivity index (χ1) is 15.8. The fourth-order valence-corrected chi connectivity index (χ4v) is 7.09. The summed E-state index contributed by atoms with van der Waals surface area (Å²) in [5.74, 6) is -1.85. The number of thiazole rings is 1. The maximum absolute atomic E-state index is 13.7. The zero-order valence-electron chi connectivity index (χ0n) is 17.3. The molecule has 3 atom stereocenters. The van der Waals surface area contributed by atoms with E-state index in [-0.39, 0.29) is 33.9 Å². The quantitative estimate of drug-likeness (QED) is 0.478. The van der Waals surface area contributed by atoms with Gasteiger partial charge < -0.3 is 19.6 Å². The Morgan fingerprint density at radius 1 is 1.03 bits per heavy atom. The SMILES string of the molecule is COc1cc([C@H]2c3sc(=O)[nH]c3SC3C(=O)N(c4ccc(Br)cc4)C(=O)C32)cc(OC)c1O. The summed E-state index contributed by atoms with van der Waals surface area (Å²) in [5.41, 5.74) is 1.09. The van der Waals surface area contributed by atoms with Crippen molar-refractivity contribution in [3.05, 3.63) is 61.0 Å². The van der Waals surface area contributed by atoms with Crippen molar-refractivity contribution in [2.24, 2.45) is 5.92 Å². The zero-order valence-corrected chi connectivity index (χ0v) is 20.5. The molecule has 1 saturated heterocycles. The molecule has 0 bridgehead atoms. The first kappa shape index (κ1) is 22.1. The third-order valence-electron chi connectivity index (χ3n) is 5.77. The number of carbonyl (C=O) groups is 2. The lowest BCUT2D eigenvalue weighted by Crippen LogP contribution is -2.32. The molecule has 2 unspecified atom stereocenters. The Hall–Kier alpha value is -2.76. The lowest BCUT2D eigenvalue weighted by atomic mass is 9.83. The molecule has 0 saturated carbocycles. The molecule has 2 aliphatic rings. The molecule has 1 fully saturated rings. The van der Waals surface area contributed by atoms with Gasteiger partial charge in [0.2, 0.25) is 17.6 Å². The predicted octanol–water partition coefficient (Wildman–Crippen LogP) is 3.72. The molecule has 2 N–H and O–H groups in total. The molecule has 1 aromatic heterocycles. The van der Waals surface area contributed by atoms with E-state index < -0.39 is 17.1 Å². The van der Waals surface area contributed by atoms with Gasteiger partial charge >= 0.3 is 4.87 Å². The maximum Gasteiger partial charge on any atom is 0.305 e. The van der Waals surface area contributed by atoms with E-state index >= 15 is 0 Å². The van der Waals surface area contributed by atoms with E-state index in [4.69, 9.17) is 9.47 Å². The number of ether oxygens (including phenoxy) is 2. The van der Waals surface area contributed by atoms with Gasteiger partial charge in [0.25, 0.3) is 0 Å². The Balaban J connectivity index is 1.68. The molecule has 2 aromatic carbocycles. The van der Waals surface area contributed by atoms with Gasteiger partial charge in [0.05, 0.1) is 30.9 Å².